The zero-order chi connectivity index (χ0) is 14.5. The highest BCUT2D eigenvalue weighted by atomic mass is 35.5. The molecule has 0 aliphatic rings. The van der Waals surface area contributed by atoms with Gasteiger partial charge in [0, 0.05) is 12.1 Å². The summed E-state index contributed by atoms with van der Waals surface area (Å²) >= 11 is 0. The molecule has 0 aromatic heterocycles. The molecule has 1 amide bonds. The lowest BCUT2D eigenvalue weighted by atomic mass is 9.92. The van der Waals surface area contributed by atoms with Crippen LogP contribution < -0.4 is 15.8 Å². The average molecular weight is 305 g/mol. The summed E-state index contributed by atoms with van der Waals surface area (Å²) in [6.45, 7) is 4.31. The van der Waals surface area contributed by atoms with E-state index in [9.17, 15) is 9.18 Å². The highest BCUT2D eigenvalue weighted by molar-refractivity contribution is 5.95. The van der Waals surface area contributed by atoms with E-state index in [2.05, 4.69) is 5.32 Å². The van der Waals surface area contributed by atoms with Crippen molar-refractivity contribution in [2.24, 2.45) is 5.73 Å². The normalized spacial score (nSPS) is 10.7. The van der Waals surface area contributed by atoms with E-state index < -0.39 is 11.4 Å². The van der Waals surface area contributed by atoms with Gasteiger partial charge in [0.15, 0.2) is 11.6 Å². The number of hydrogen-bond donors (Lipinski definition) is 2. The smallest absolute Gasteiger partial charge is 0.251 e. The van der Waals surface area contributed by atoms with Gasteiger partial charge < -0.3 is 15.8 Å². The minimum absolute atomic E-state index is 0. The number of carbonyl (C=O) groups excluding carboxylic acids is 1. The van der Waals surface area contributed by atoms with E-state index in [1.165, 1.54) is 25.3 Å². The van der Waals surface area contributed by atoms with Gasteiger partial charge in [-0.15, -0.1) is 12.4 Å². The number of methoxy groups -OCH3 is 1. The van der Waals surface area contributed by atoms with Crippen LogP contribution in [0.1, 0.15) is 37.0 Å². The monoisotopic (exact) mass is 304 g/mol. The molecular formula is C14H22ClFN2O2. The number of amides is 1. The molecule has 0 atom stereocenters. The molecule has 20 heavy (non-hydrogen) atoms. The van der Waals surface area contributed by atoms with Crippen LogP contribution >= 0.6 is 12.4 Å². The summed E-state index contributed by atoms with van der Waals surface area (Å²) in [5.41, 5.74) is 5.68. The number of nitrogens with two attached hydrogens (primary N) is 1. The minimum atomic E-state index is -0.491. The summed E-state index contributed by atoms with van der Waals surface area (Å²) in [7, 11) is 1.36. The van der Waals surface area contributed by atoms with Crippen LogP contribution in [0.25, 0.3) is 0 Å². The van der Waals surface area contributed by atoms with Gasteiger partial charge in [-0.2, -0.15) is 0 Å². The fraction of sp³-hybridized carbons (Fsp3) is 0.500. The average Bonchev–Trinajstić information content (AvgIpc) is 2.45. The van der Waals surface area contributed by atoms with Crippen molar-refractivity contribution in [1.82, 2.24) is 5.32 Å². The van der Waals surface area contributed by atoms with Crippen LogP contribution in [-0.4, -0.2) is 25.1 Å². The summed E-state index contributed by atoms with van der Waals surface area (Å²) in [6, 6.07) is 4.03. The van der Waals surface area contributed by atoms with Crippen molar-refractivity contribution >= 4 is 18.3 Å². The van der Waals surface area contributed by atoms with Crippen LogP contribution in [0.2, 0.25) is 0 Å². The minimum Gasteiger partial charge on any atom is -0.494 e. The van der Waals surface area contributed by atoms with E-state index in [4.69, 9.17) is 10.5 Å². The van der Waals surface area contributed by atoms with Gasteiger partial charge in [0.2, 0.25) is 0 Å². The number of rotatable bonds is 6. The Labute approximate surface area is 125 Å². The molecule has 0 saturated heterocycles. The topological polar surface area (TPSA) is 64.3 Å². The maximum Gasteiger partial charge on any atom is 0.251 e. The third-order valence-electron chi connectivity index (χ3n) is 3.54. The highest BCUT2D eigenvalue weighted by Gasteiger charge is 2.27. The Kier molecular flexibility index (Phi) is 7.53. The molecule has 0 spiro atoms. The van der Waals surface area contributed by atoms with Gasteiger partial charge in [-0.1, -0.05) is 13.8 Å². The molecule has 1 aromatic rings. The van der Waals surface area contributed by atoms with Gasteiger partial charge in [-0.25, -0.2) is 4.39 Å². The second-order valence-electron chi connectivity index (χ2n) is 4.50. The lowest BCUT2D eigenvalue weighted by Gasteiger charge is -2.31. The van der Waals surface area contributed by atoms with Crippen molar-refractivity contribution < 1.29 is 13.9 Å². The molecule has 0 aliphatic heterocycles. The van der Waals surface area contributed by atoms with E-state index in [1.54, 1.807) is 0 Å². The maximum atomic E-state index is 13.3. The fourth-order valence-electron chi connectivity index (χ4n) is 1.88. The van der Waals surface area contributed by atoms with Crippen LogP contribution in [0, 0.1) is 5.82 Å². The second-order valence-corrected chi connectivity index (χ2v) is 4.50. The van der Waals surface area contributed by atoms with Crippen molar-refractivity contribution in [3.63, 3.8) is 0 Å². The predicted molar refractivity (Wildman–Crippen MR) is 80.0 cm³/mol. The molecule has 0 fully saturated rings. The van der Waals surface area contributed by atoms with Gasteiger partial charge in [0.05, 0.1) is 12.6 Å². The predicted octanol–water partition coefficient (Wildman–Crippen LogP) is 2.50. The van der Waals surface area contributed by atoms with Gasteiger partial charge in [-0.05, 0) is 31.0 Å². The standard InChI is InChI=1S/C14H21FN2O2.ClH/c1-4-14(5-2,9-16)17-13(18)10-6-7-11(15)12(8-10)19-3;/h6-8H,4-5,9,16H2,1-3H3,(H,17,18);1H. The molecule has 0 heterocycles. The molecule has 1 rings (SSSR count). The first-order valence-corrected chi connectivity index (χ1v) is 6.38. The summed E-state index contributed by atoms with van der Waals surface area (Å²) in [5.74, 6) is -0.707. The zero-order valence-corrected chi connectivity index (χ0v) is 12.8. The van der Waals surface area contributed by atoms with Crippen LogP contribution in [0.15, 0.2) is 18.2 Å². The van der Waals surface area contributed by atoms with E-state index in [-0.39, 0.29) is 24.1 Å². The number of hydrogen-bond acceptors (Lipinski definition) is 3. The van der Waals surface area contributed by atoms with Crippen LogP contribution in [0.5, 0.6) is 5.75 Å². The second kappa shape index (κ2) is 8.07. The number of halogens is 2. The summed E-state index contributed by atoms with van der Waals surface area (Å²) in [5, 5.41) is 2.92. The lowest BCUT2D eigenvalue weighted by molar-refractivity contribution is 0.0895. The molecule has 0 radical (unpaired) electrons. The van der Waals surface area contributed by atoms with Crippen molar-refractivity contribution in [3.8, 4) is 5.75 Å². The Morgan fingerprint density at radius 3 is 2.45 bits per heavy atom. The Balaban J connectivity index is 0.00000361. The number of ether oxygens (including phenoxy) is 1. The number of nitrogens with one attached hydrogen (secondary N) is 1. The first-order valence-electron chi connectivity index (χ1n) is 6.38. The summed E-state index contributed by atoms with van der Waals surface area (Å²) in [6.07, 6.45) is 1.48. The quantitative estimate of drug-likeness (QED) is 0.848. The zero-order valence-electron chi connectivity index (χ0n) is 12.0. The van der Waals surface area contributed by atoms with Crippen molar-refractivity contribution in [1.29, 1.82) is 0 Å². The van der Waals surface area contributed by atoms with E-state index >= 15 is 0 Å². The van der Waals surface area contributed by atoms with Gasteiger partial charge >= 0.3 is 0 Å². The van der Waals surface area contributed by atoms with Crippen molar-refractivity contribution in [2.75, 3.05) is 13.7 Å². The number of carbonyl (C=O) groups is 1. The lowest BCUT2D eigenvalue weighted by Crippen LogP contribution is -2.52. The summed E-state index contributed by atoms with van der Waals surface area (Å²) < 4.78 is 18.2. The van der Waals surface area contributed by atoms with E-state index in [0.717, 1.165) is 12.8 Å². The molecule has 114 valence electrons. The molecule has 1 aromatic carbocycles. The first-order chi connectivity index (χ1) is 9.01. The fourth-order valence-corrected chi connectivity index (χ4v) is 1.88. The molecule has 3 N–H and O–H groups in total. The molecule has 0 saturated carbocycles. The van der Waals surface area contributed by atoms with Crippen LogP contribution in [0.3, 0.4) is 0 Å². The third-order valence-corrected chi connectivity index (χ3v) is 3.54. The van der Waals surface area contributed by atoms with Crippen LogP contribution in [-0.2, 0) is 0 Å². The van der Waals surface area contributed by atoms with Gasteiger partial charge in [0.1, 0.15) is 0 Å². The largest absolute Gasteiger partial charge is 0.494 e. The van der Waals surface area contributed by atoms with E-state index in [1.807, 2.05) is 13.8 Å². The third kappa shape index (κ3) is 4.08. The first kappa shape index (κ1) is 18.7. The molecule has 4 nitrogen and oxygen atoms in total. The Bertz CT molecular complexity index is 443. The summed E-state index contributed by atoms with van der Waals surface area (Å²) in [4.78, 5) is 12.2. The Hall–Kier alpha value is -1.33. The molecule has 0 unspecified atom stereocenters. The maximum absolute atomic E-state index is 13.3. The Morgan fingerprint density at radius 1 is 1.40 bits per heavy atom. The molecule has 0 bridgehead atoms. The van der Waals surface area contributed by atoms with Crippen molar-refractivity contribution in [2.45, 2.75) is 32.2 Å². The Morgan fingerprint density at radius 2 is 2.00 bits per heavy atom. The highest BCUT2D eigenvalue weighted by Crippen LogP contribution is 2.20. The SMILES string of the molecule is CCC(CC)(CN)NC(=O)c1ccc(F)c(OC)c1.Cl. The van der Waals surface area contributed by atoms with Gasteiger partial charge in [-0.3, -0.25) is 4.79 Å². The number of benzene rings is 1. The van der Waals surface area contributed by atoms with E-state index in [0.29, 0.717) is 12.1 Å². The molecule has 6 heteroatoms. The molecule has 0 aliphatic carbocycles. The molecular weight excluding hydrogens is 283 g/mol. The van der Waals surface area contributed by atoms with Crippen molar-refractivity contribution in [3.05, 3.63) is 29.6 Å². The van der Waals surface area contributed by atoms with Gasteiger partial charge in [0.25, 0.3) is 5.91 Å². The van der Waals surface area contributed by atoms with Crippen LogP contribution in [0.4, 0.5) is 4.39 Å².